The van der Waals surface area contributed by atoms with Crippen LogP contribution < -0.4 is 5.32 Å². The molecule has 0 atom stereocenters. The second-order valence-electron chi connectivity index (χ2n) is 5.28. The van der Waals surface area contributed by atoms with Gasteiger partial charge in [0.1, 0.15) is 0 Å². The van der Waals surface area contributed by atoms with E-state index in [9.17, 15) is 0 Å². The largest absolute Gasteiger partial charge is 0.396 e. The summed E-state index contributed by atoms with van der Waals surface area (Å²) in [6.45, 7) is 5.47. The van der Waals surface area contributed by atoms with Gasteiger partial charge in [0, 0.05) is 29.9 Å². The zero-order valence-electron chi connectivity index (χ0n) is 12.4. The van der Waals surface area contributed by atoms with Crippen LogP contribution in [0.25, 0.3) is 10.9 Å². The number of aliphatic hydroxyl groups is 1. The molecule has 1 aromatic heterocycles. The maximum absolute atomic E-state index is 8.76. The van der Waals surface area contributed by atoms with Crippen molar-refractivity contribution < 1.29 is 5.11 Å². The standard InChI is InChI=1S/C17H24N2O/c1-13-14(2)19-16-10-6-5-9-15(16)17(13)18-11-7-3-4-8-12-20/h5-6,9-10,20H,3-4,7-8,11-12H2,1-2H3,(H,18,19). The molecular weight excluding hydrogens is 248 g/mol. The van der Waals surface area contributed by atoms with Gasteiger partial charge in [-0.05, 0) is 38.3 Å². The summed E-state index contributed by atoms with van der Waals surface area (Å²) in [7, 11) is 0. The van der Waals surface area contributed by atoms with Crippen molar-refractivity contribution in [2.75, 3.05) is 18.5 Å². The lowest BCUT2D eigenvalue weighted by Crippen LogP contribution is -2.05. The lowest BCUT2D eigenvalue weighted by Gasteiger charge is -2.14. The van der Waals surface area contributed by atoms with Crippen molar-refractivity contribution in [2.45, 2.75) is 39.5 Å². The lowest BCUT2D eigenvalue weighted by atomic mass is 10.1. The molecule has 0 radical (unpaired) electrons. The zero-order valence-corrected chi connectivity index (χ0v) is 12.4. The minimum Gasteiger partial charge on any atom is -0.396 e. The van der Waals surface area contributed by atoms with Gasteiger partial charge < -0.3 is 10.4 Å². The molecule has 0 aliphatic heterocycles. The van der Waals surface area contributed by atoms with Crippen LogP contribution in [-0.2, 0) is 0 Å². The van der Waals surface area contributed by atoms with Crippen LogP contribution in [0.15, 0.2) is 24.3 Å². The molecule has 2 rings (SSSR count). The van der Waals surface area contributed by atoms with Gasteiger partial charge in [0.2, 0.25) is 0 Å². The third-order valence-electron chi connectivity index (χ3n) is 3.77. The molecule has 0 aliphatic carbocycles. The Kier molecular flexibility index (Phi) is 5.36. The Morgan fingerprint density at radius 2 is 1.80 bits per heavy atom. The average Bonchev–Trinajstić information content (AvgIpc) is 2.46. The number of nitrogens with zero attached hydrogens (tertiary/aromatic N) is 1. The smallest absolute Gasteiger partial charge is 0.0726 e. The molecule has 0 saturated heterocycles. The third kappa shape index (κ3) is 3.48. The molecular formula is C17H24N2O. The topological polar surface area (TPSA) is 45.2 Å². The molecule has 2 aromatic rings. The first kappa shape index (κ1) is 14.8. The molecule has 0 amide bonds. The van der Waals surface area contributed by atoms with Crippen molar-refractivity contribution in [2.24, 2.45) is 0 Å². The number of aliphatic hydroxyl groups excluding tert-OH is 1. The first-order valence-electron chi connectivity index (χ1n) is 7.44. The van der Waals surface area contributed by atoms with Crippen LogP contribution in [0.5, 0.6) is 0 Å². The Morgan fingerprint density at radius 1 is 1.05 bits per heavy atom. The van der Waals surface area contributed by atoms with E-state index in [1.165, 1.54) is 16.6 Å². The molecule has 1 aromatic carbocycles. The minimum absolute atomic E-state index is 0.306. The number of rotatable bonds is 7. The summed E-state index contributed by atoms with van der Waals surface area (Å²) >= 11 is 0. The molecule has 3 heteroatoms. The summed E-state index contributed by atoms with van der Waals surface area (Å²) < 4.78 is 0. The minimum atomic E-state index is 0.306. The molecule has 1 heterocycles. The first-order valence-corrected chi connectivity index (χ1v) is 7.44. The van der Waals surface area contributed by atoms with E-state index in [0.717, 1.165) is 43.4 Å². The summed E-state index contributed by atoms with van der Waals surface area (Å²) in [6.07, 6.45) is 4.31. The van der Waals surface area contributed by atoms with Gasteiger partial charge in [-0.3, -0.25) is 4.98 Å². The zero-order chi connectivity index (χ0) is 14.4. The number of para-hydroxylation sites is 1. The van der Waals surface area contributed by atoms with Crippen molar-refractivity contribution in [3.8, 4) is 0 Å². The fourth-order valence-electron chi connectivity index (χ4n) is 2.46. The van der Waals surface area contributed by atoms with Crippen molar-refractivity contribution in [1.29, 1.82) is 0 Å². The number of fused-ring (bicyclic) bond motifs is 1. The van der Waals surface area contributed by atoms with Gasteiger partial charge >= 0.3 is 0 Å². The highest BCUT2D eigenvalue weighted by Gasteiger charge is 2.08. The van der Waals surface area contributed by atoms with Gasteiger partial charge in [0.15, 0.2) is 0 Å². The van der Waals surface area contributed by atoms with Crippen LogP contribution in [0.1, 0.15) is 36.9 Å². The van der Waals surface area contributed by atoms with Gasteiger partial charge in [-0.25, -0.2) is 0 Å². The highest BCUT2D eigenvalue weighted by molar-refractivity contribution is 5.93. The van der Waals surface area contributed by atoms with Crippen LogP contribution in [0.3, 0.4) is 0 Å². The molecule has 0 aliphatic rings. The molecule has 3 nitrogen and oxygen atoms in total. The number of hydrogen-bond donors (Lipinski definition) is 2. The Morgan fingerprint density at radius 3 is 2.60 bits per heavy atom. The maximum Gasteiger partial charge on any atom is 0.0726 e. The van der Waals surface area contributed by atoms with E-state index in [2.05, 4.69) is 42.3 Å². The molecule has 0 unspecified atom stereocenters. The van der Waals surface area contributed by atoms with Crippen molar-refractivity contribution in [3.63, 3.8) is 0 Å². The molecule has 108 valence electrons. The van der Waals surface area contributed by atoms with Crippen molar-refractivity contribution in [3.05, 3.63) is 35.5 Å². The van der Waals surface area contributed by atoms with E-state index in [4.69, 9.17) is 5.11 Å². The number of benzene rings is 1. The first-order chi connectivity index (χ1) is 9.74. The molecule has 2 N–H and O–H groups in total. The molecule has 20 heavy (non-hydrogen) atoms. The lowest BCUT2D eigenvalue weighted by molar-refractivity contribution is 0.283. The Bertz CT molecular complexity index is 566. The maximum atomic E-state index is 8.76. The van der Waals surface area contributed by atoms with Gasteiger partial charge in [-0.2, -0.15) is 0 Å². The SMILES string of the molecule is Cc1nc2ccccc2c(NCCCCCCO)c1C. The number of hydrogen-bond acceptors (Lipinski definition) is 3. The highest BCUT2D eigenvalue weighted by atomic mass is 16.2. The summed E-state index contributed by atoms with van der Waals surface area (Å²) in [5, 5.41) is 13.5. The van der Waals surface area contributed by atoms with Gasteiger partial charge in [-0.1, -0.05) is 31.0 Å². The highest BCUT2D eigenvalue weighted by Crippen LogP contribution is 2.27. The van der Waals surface area contributed by atoms with Crippen LogP contribution in [0.4, 0.5) is 5.69 Å². The van der Waals surface area contributed by atoms with E-state index >= 15 is 0 Å². The van der Waals surface area contributed by atoms with Gasteiger partial charge in [-0.15, -0.1) is 0 Å². The summed E-state index contributed by atoms with van der Waals surface area (Å²) in [4.78, 5) is 4.64. The van der Waals surface area contributed by atoms with E-state index in [-0.39, 0.29) is 0 Å². The van der Waals surface area contributed by atoms with Crippen LogP contribution in [0, 0.1) is 13.8 Å². The fourth-order valence-corrected chi connectivity index (χ4v) is 2.46. The number of pyridine rings is 1. The number of unbranched alkanes of at least 4 members (excludes halogenated alkanes) is 3. The quantitative estimate of drug-likeness (QED) is 0.753. The molecule has 0 fully saturated rings. The Labute approximate surface area is 121 Å². The van der Waals surface area contributed by atoms with E-state index < -0.39 is 0 Å². The predicted octanol–water partition coefficient (Wildman–Crippen LogP) is 3.82. The second kappa shape index (κ2) is 7.25. The van der Waals surface area contributed by atoms with Crippen LogP contribution in [-0.4, -0.2) is 23.2 Å². The summed E-state index contributed by atoms with van der Waals surface area (Å²) in [6, 6.07) is 8.28. The van der Waals surface area contributed by atoms with Gasteiger partial charge in [0.25, 0.3) is 0 Å². The number of nitrogens with one attached hydrogen (secondary N) is 1. The van der Waals surface area contributed by atoms with Crippen LogP contribution in [0.2, 0.25) is 0 Å². The van der Waals surface area contributed by atoms with E-state index in [0.29, 0.717) is 6.61 Å². The normalized spacial score (nSPS) is 10.9. The number of aromatic nitrogens is 1. The molecule has 0 bridgehead atoms. The number of anilines is 1. The van der Waals surface area contributed by atoms with E-state index in [1.54, 1.807) is 0 Å². The predicted molar refractivity (Wildman–Crippen MR) is 85.3 cm³/mol. The second-order valence-corrected chi connectivity index (χ2v) is 5.28. The monoisotopic (exact) mass is 272 g/mol. The van der Waals surface area contributed by atoms with Crippen LogP contribution >= 0.6 is 0 Å². The average molecular weight is 272 g/mol. The van der Waals surface area contributed by atoms with E-state index in [1.807, 2.05) is 6.07 Å². The van der Waals surface area contributed by atoms with Crippen molar-refractivity contribution in [1.82, 2.24) is 4.98 Å². The third-order valence-corrected chi connectivity index (χ3v) is 3.77. The Hall–Kier alpha value is -1.61. The summed E-state index contributed by atoms with van der Waals surface area (Å²) in [5.74, 6) is 0. The Balaban J connectivity index is 2.07. The molecule has 0 spiro atoms. The van der Waals surface area contributed by atoms with Gasteiger partial charge in [0.05, 0.1) is 5.52 Å². The molecule has 0 saturated carbocycles. The number of aryl methyl sites for hydroxylation is 1. The van der Waals surface area contributed by atoms with Crippen molar-refractivity contribution >= 4 is 16.6 Å². The summed E-state index contributed by atoms with van der Waals surface area (Å²) in [5.41, 5.74) is 4.60. The fraction of sp³-hybridized carbons (Fsp3) is 0.471.